The normalized spacial score (nSPS) is 13.0. The monoisotopic (exact) mass is 410 g/mol. The molecular formula is C22H23ClN4O2. The minimum Gasteiger partial charge on any atom is -0.345 e. The minimum absolute atomic E-state index is 0.0231. The number of halogens is 1. The molecular weight excluding hydrogens is 388 g/mol. The van der Waals surface area contributed by atoms with Crippen LogP contribution in [0.1, 0.15) is 28.9 Å². The summed E-state index contributed by atoms with van der Waals surface area (Å²) in [6, 6.07) is 17.6. The highest BCUT2D eigenvalue weighted by atomic mass is 35.5. The molecule has 0 saturated carbocycles. The number of nitrogens with two attached hydrogens (primary N) is 2. The third-order valence-corrected chi connectivity index (χ3v) is 5.04. The summed E-state index contributed by atoms with van der Waals surface area (Å²) < 4.78 is 0. The molecule has 6 nitrogen and oxygen atoms in total. The molecule has 0 aromatic heterocycles. The largest absolute Gasteiger partial charge is 0.345 e. The van der Waals surface area contributed by atoms with Gasteiger partial charge in [0.2, 0.25) is 5.91 Å². The van der Waals surface area contributed by atoms with Gasteiger partial charge in [-0.05, 0) is 41.5 Å². The van der Waals surface area contributed by atoms with Crippen LogP contribution in [0.4, 0.5) is 5.69 Å². The smallest absolute Gasteiger partial charge is 0.253 e. The molecule has 0 aliphatic heterocycles. The third-order valence-electron chi connectivity index (χ3n) is 4.71. The van der Waals surface area contributed by atoms with Crippen LogP contribution in [0, 0.1) is 0 Å². The van der Waals surface area contributed by atoms with Crippen LogP contribution in [0.2, 0.25) is 5.02 Å². The Hall–Kier alpha value is -2.93. The van der Waals surface area contributed by atoms with Gasteiger partial charge in [-0.3, -0.25) is 9.59 Å². The first-order valence-electron chi connectivity index (χ1n) is 9.25. The average molecular weight is 411 g/mol. The maximum absolute atomic E-state index is 12.9. The lowest BCUT2D eigenvalue weighted by Crippen LogP contribution is -2.41. The highest BCUT2D eigenvalue weighted by Crippen LogP contribution is 2.26. The number of fused-ring (bicyclic) bond motifs is 1. The second-order valence-corrected chi connectivity index (χ2v) is 7.20. The molecule has 0 radical (unpaired) electrons. The number of amides is 2. The van der Waals surface area contributed by atoms with E-state index in [4.69, 9.17) is 23.1 Å². The fraction of sp³-hybridized carbons (Fsp3) is 0.182. The zero-order chi connectivity index (χ0) is 21.0. The lowest BCUT2D eigenvalue weighted by molar-refractivity contribution is -0.117. The van der Waals surface area contributed by atoms with Crippen molar-refractivity contribution < 1.29 is 9.59 Å². The molecule has 0 fully saturated rings. The van der Waals surface area contributed by atoms with Crippen molar-refractivity contribution in [3.8, 4) is 0 Å². The van der Waals surface area contributed by atoms with Crippen molar-refractivity contribution in [3.63, 3.8) is 0 Å². The quantitative estimate of drug-likeness (QED) is 0.500. The van der Waals surface area contributed by atoms with E-state index in [9.17, 15) is 9.59 Å². The predicted molar refractivity (Wildman–Crippen MR) is 117 cm³/mol. The zero-order valence-corrected chi connectivity index (χ0v) is 16.7. The molecule has 2 amide bonds. The van der Waals surface area contributed by atoms with Crippen LogP contribution in [0.15, 0.2) is 60.7 Å². The minimum atomic E-state index is -0.825. The Morgan fingerprint density at radius 2 is 1.79 bits per heavy atom. The Morgan fingerprint density at radius 3 is 2.55 bits per heavy atom. The van der Waals surface area contributed by atoms with Crippen LogP contribution in [-0.2, 0) is 4.79 Å². The van der Waals surface area contributed by atoms with Crippen molar-refractivity contribution in [2.24, 2.45) is 11.5 Å². The first kappa shape index (κ1) is 20.8. The van der Waals surface area contributed by atoms with E-state index in [0.29, 0.717) is 5.69 Å². The second-order valence-electron chi connectivity index (χ2n) is 6.79. The van der Waals surface area contributed by atoms with Crippen LogP contribution in [-0.4, -0.2) is 24.4 Å². The Bertz CT molecular complexity index is 1050. The topological polar surface area (TPSA) is 110 Å². The molecule has 0 aliphatic rings. The lowest BCUT2D eigenvalue weighted by Gasteiger charge is -2.18. The fourth-order valence-corrected chi connectivity index (χ4v) is 3.30. The van der Waals surface area contributed by atoms with Crippen LogP contribution in [0.3, 0.4) is 0 Å². The van der Waals surface area contributed by atoms with E-state index >= 15 is 0 Å². The van der Waals surface area contributed by atoms with Crippen molar-refractivity contribution in [1.82, 2.24) is 5.32 Å². The van der Waals surface area contributed by atoms with Gasteiger partial charge in [-0.25, -0.2) is 0 Å². The number of carbonyl (C=O) groups is 2. The number of anilines is 1. The maximum atomic E-state index is 12.9. The molecule has 0 unspecified atom stereocenters. The van der Waals surface area contributed by atoms with E-state index < -0.39 is 11.9 Å². The number of hydrogen-bond acceptors (Lipinski definition) is 4. The van der Waals surface area contributed by atoms with Crippen LogP contribution in [0.25, 0.3) is 10.8 Å². The number of benzene rings is 3. The van der Waals surface area contributed by atoms with Gasteiger partial charge in [0.25, 0.3) is 5.91 Å². The summed E-state index contributed by atoms with van der Waals surface area (Å²) in [5.74, 6) is -0.764. The first-order chi connectivity index (χ1) is 13.9. The molecule has 150 valence electrons. The highest BCUT2D eigenvalue weighted by molar-refractivity contribution is 6.34. The fourth-order valence-electron chi connectivity index (χ4n) is 3.10. The summed E-state index contributed by atoms with van der Waals surface area (Å²) in [4.78, 5) is 24.8. The SMILES string of the molecule is C[C@@H](NC(=O)c1cc(NC(=O)[C@H](N)CN)ccc1Cl)c1cccc2ccccc12. The van der Waals surface area contributed by atoms with E-state index in [1.807, 2.05) is 49.4 Å². The predicted octanol–water partition coefficient (Wildman–Crippen LogP) is 3.21. The molecule has 6 N–H and O–H groups in total. The van der Waals surface area contributed by atoms with E-state index in [1.165, 1.54) is 6.07 Å². The second kappa shape index (κ2) is 9.05. The molecule has 0 spiro atoms. The van der Waals surface area contributed by atoms with Gasteiger partial charge in [0.1, 0.15) is 0 Å². The lowest BCUT2D eigenvalue weighted by atomic mass is 9.99. The average Bonchev–Trinajstić information content (AvgIpc) is 2.73. The Balaban J connectivity index is 1.81. The zero-order valence-electron chi connectivity index (χ0n) is 16.0. The molecule has 3 aromatic rings. The number of carbonyl (C=O) groups excluding carboxylic acids is 2. The molecule has 7 heteroatoms. The van der Waals surface area contributed by atoms with Crippen molar-refractivity contribution in [2.75, 3.05) is 11.9 Å². The van der Waals surface area contributed by atoms with E-state index in [1.54, 1.807) is 12.1 Å². The summed E-state index contributed by atoms with van der Waals surface area (Å²) in [5, 5.41) is 8.08. The summed E-state index contributed by atoms with van der Waals surface area (Å²) in [5.41, 5.74) is 12.7. The van der Waals surface area contributed by atoms with Crippen LogP contribution >= 0.6 is 11.6 Å². The van der Waals surface area contributed by atoms with Crippen LogP contribution < -0.4 is 22.1 Å². The Kier molecular flexibility index (Phi) is 6.49. The van der Waals surface area contributed by atoms with Gasteiger partial charge in [-0.1, -0.05) is 54.1 Å². The molecule has 0 heterocycles. The first-order valence-corrected chi connectivity index (χ1v) is 9.63. The van der Waals surface area contributed by atoms with Crippen LogP contribution in [0.5, 0.6) is 0 Å². The number of hydrogen-bond donors (Lipinski definition) is 4. The van der Waals surface area contributed by atoms with Gasteiger partial charge in [0, 0.05) is 12.2 Å². The van der Waals surface area contributed by atoms with Crippen molar-refractivity contribution in [1.29, 1.82) is 0 Å². The van der Waals surface area contributed by atoms with Gasteiger partial charge >= 0.3 is 0 Å². The number of rotatable bonds is 6. The molecule has 3 rings (SSSR count). The third kappa shape index (κ3) is 4.74. The molecule has 0 bridgehead atoms. The Labute approximate surface area is 174 Å². The molecule has 0 saturated heterocycles. The van der Waals surface area contributed by atoms with Gasteiger partial charge in [0.15, 0.2) is 0 Å². The van der Waals surface area contributed by atoms with Gasteiger partial charge in [0.05, 0.1) is 22.7 Å². The summed E-state index contributed by atoms with van der Waals surface area (Å²) in [7, 11) is 0. The number of nitrogens with one attached hydrogen (secondary N) is 2. The summed E-state index contributed by atoms with van der Waals surface area (Å²) >= 11 is 6.22. The van der Waals surface area contributed by atoms with E-state index in [0.717, 1.165) is 16.3 Å². The van der Waals surface area contributed by atoms with E-state index in [-0.39, 0.29) is 29.1 Å². The standard InChI is InChI=1S/C22H23ClN4O2/c1-13(16-8-4-6-14-5-2-3-7-17(14)16)26-21(28)18-11-15(9-10-19(18)23)27-22(29)20(25)12-24/h2-11,13,20H,12,24-25H2,1H3,(H,26,28)(H,27,29)/t13-,20-/m1/s1. The molecule has 0 aliphatic carbocycles. The van der Waals surface area contributed by atoms with E-state index in [2.05, 4.69) is 10.6 Å². The van der Waals surface area contributed by atoms with Gasteiger partial charge in [-0.15, -0.1) is 0 Å². The van der Waals surface area contributed by atoms with Crippen molar-refractivity contribution >= 4 is 39.9 Å². The van der Waals surface area contributed by atoms with Crippen molar-refractivity contribution in [3.05, 3.63) is 76.8 Å². The Morgan fingerprint density at radius 1 is 1.07 bits per heavy atom. The summed E-state index contributed by atoms with van der Waals surface area (Å²) in [6.07, 6.45) is 0. The van der Waals surface area contributed by atoms with Gasteiger partial charge in [-0.2, -0.15) is 0 Å². The molecule has 29 heavy (non-hydrogen) atoms. The maximum Gasteiger partial charge on any atom is 0.253 e. The molecule has 3 aromatic carbocycles. The highest BCUT2D eigenvalue weighted by Gasteiger charge is 2.18. The van der Waals surface area contributed by atoms with Gasteiger partial charge < -0.3 is 22.1 Å². The molecule has 2 atom stereocenters. The summed E-state index contributed by atoms with van der Waals surface area (Å²) in [6.45, 7) is 1.94. The van der Waals surface area contributed by atoms with Crippen molar-refractivity contribution in [2.45, 2.75) is 19.0 Å².